The van der Waals surface area contributed by atoms with Crippen LogP contribution in [0.4, 0.5) is 11.4 Å². The van der Waals surface area contributed by atoms with E-state index >= 15 is 0 Å². The van der Waals surface area contributed by atoms with Gasteiger partial charge in [-0.15, -0.1) is 0 Å². The Bertz CT molecular complexity index is 644. The molecule has 1 atom stereocenters. The van der Waals surface area contributed by atoms with Gasteiger partial charge in [-0.1, -0.05) is 39.1 Å². The van der Waals surface area contributed by atoms with E-state index in [0.29, 0.717) is 10.0 Å². The fourth-order valence-corrected chi connectivity index (χ4v) is 2.99. The van der Waals surface area contributed by atoms with Gasteiger partial charge in [0.1, 0.15) is 0 Å². The Hall–Kier alpha value is -0.900. The molecule has 0 aliphatic heterocycles. The zero-order chi connectivity index (χ0) is 15.6. The molecule has 0 aliphatic rings. The molecule has 0 bridgehead atoms. The van der Waals surface area contributed by atoms with Crippen molar-refractivity contribution < 1.29 is 0 Å². The molecule has 1 N–H and O–H groups in total. The minimum atomic E-state index is 0.0456. The van der Waals surface area contributed by atoms with E-state index in [0.717, 1.165) is 21.4 Å². The Balaban J connectivity index is 2.33. The molecule has 0 amide bonds. The summed E-state index contributed by atoms with van der Waals surface area (Å²) in [5, 5.41) is 4.90. The first-order valence-corrected chi connectivity index (χ1v) is 8.11. The summed E-state index contributed by atoms with van der Waals surface area (Å²) in [6.07, 6.45) is 0. The molecule has 0 aliphatic carbocycles. The van der Waals surface area contributed by atoms with Crippen LogP contribution >= 0.6 is 39.1 Å². The lowest BCUT2D eigenvalue weighted by Gasteiger charge is -2.23. The highest BCUT2D eigenvalue weighted by molar-refractivity contribution is 9.10. The summed E-state index contributed by atoms with van der Waals surface area (Å²) >= 11 is 15.9. The number of halogens is 3. The molecule has 0 radical (unpaired) electrons. The topological polar surface area (TPSA) is 15.3 Å². The van der Waals surface area contributed by atoms with E-state index in [4.69, 9.17) is 23.2 Å². The van der Waals surface area contributed by atoms with Crippen molar-refractivity contribution in [1.29, 1.82) is 0 Å². The highest BCUT2D eigenvalue weighted by Crippen LogP contribution is 2.33. The van der Waals surface area contributed by atoms with Crippen molar-refractivity contribution in [2.75, 3.05) is 24.3 Å². The molecule has 2 aromatic rings. The first-order chi connectivity index (χ1) is 9.88. The van der Waals surface area contributed by atoms with Crippen LogP contribution < -0.4 is 10.2 Å². The van der Waals surface area contributed by atoms with Crippen molar-refractivity contribution in [3.05, 3.63) is 56.5 Å². The van der Waals surface area contributed by atoms with Gasteiger partial charge in [0.05, 0.1) is 17.4 Å². The van der Waals surface area contributed by atoms with E-state index in [9.17, 15) is 0 Å². The summed E-state index contributed by atoms with van der Waals surface area (Å²) in [7, 11) is 4.04. The van der Waals surface area contributed by atoms with Crippen LogP contribution in [0.1, 0.15) is 18.5 Å². The molecule has 0 heterocycles. The second kappa shape index (κ2) is 6.91. The molecular weight excluding hydrogens is 371 g/mol. The molecule has 0 saturated carbocycles. The van der Waals surface area contributed by atoms with E-state index in [1.165, 1.54) is 0 Å². The summed E-state index contributed by atoms with van der Waals surface area (Å²) < 4.78 is 1.03. The van der Waals surface area contributed by atoms with Gasteiger partial charge < -0.3 is 10.2 Å². The average Bonchev–Trinajstić information content (AvgIpc) is 2.41. The zero-order valence-corrected chi connectivity index (χ0v) is 15.2. The zero-order valence-electron chi connectivity index (χ0n) is 12.1. The SMILES string of the molecule is CC(Nc1cc(Br)ccc1N(C)C)c1cc(Cl)ccc1Cl. The predicted molar refractivity (Wildman–Crippen MR) is 97.0 cm³/mol. The Kier molecular flexibility index (Phi) is 5.42. The van der Waals surface area contributed by atoms with Gasteiger partial charge in [0.15, 0.2) is 0 Å². The molecule has 2 rings (SSSR count). The highest BCUT2D eigenvalue weighted by Gasteiger charge is 2.13. The molecule has 0 saturated heterocycles. The van der Waals surface area contributed by atoms with Gasteiger partial charge >= 0.3 is 0 Å². The van der Waals surface area contributed by atoms with Gasteiger partial charge in [0.2, 0.25) is 0 Å². The second-order valence-electron chi connectivity index (χ2n) is 5.09. The normalized spacial score (nSPS) is 12.1. The third-order valence-electron chi connectivity index (χ3n) is 3.24. The molecule has 1 unspecified atom stereocenters. The van der Waals surface area contributed by atoms with Gasteiger partial charge in [-0.05, 0) is 48.9 Å². The van der Waals surface area contributed by atoms with E-state index < -0.39 is 0 Å². The van der Waals surface area contributed by atoms with Crippen molar-refractivity contribution in [1.82, 2.24) is 0 Å². The maximum atomic E-state index is 6.27. The van der Waals surface area contributed by atoms with Crippen molar-refractivity contribution in [2.24, 2.45) is 0 Å². The second-order valence-corrected chi connectivity index (χ2v) is 6.85. The largest absolute Gasteiger partial charge is 0.377 e. The molecular formula is C16H17BrCl2N2. The lowest BCUT2D eigenvalue weighted by atomic mass is 10.1. The van der Waals surface area contributed by atoms with Crippen molar-refractivity contribution in [3.63, 3.8) is 0 Å². The van der Waals surface area contributed by atoms with Crippen LogP contribution in [-0.2, 0) is 0 Å². The van der Waals surface area contributed by atoms with Gasteiger partial charge in [0.25, 0.3) is 0 Å². The van der Waals surface area contributed by atoms with Gasteiger partial charge in [-0.2, -0.15) is 0 Å². The number of rotatable bonds is 4. The average molecular weight is 388 g/mol. The van der Waals surface area contributed by atoms with Crippen LogP contribution in [0, 0.1) is 0 Å². The molecule has 2 nitrogen and oxygen atoms in total. The van der Waals surface area contributed by atoms with Crippen LogP contribution in [0.25, 0.3) is 0 Å². The molecule has 0 aromatic heterocycles. The minimum Gasteiger partial charge on any atom is -0.377 e. The summed E-state index contributed by atoms with van der Waals surface area (Å²) in [4.78, 5) is 2.07. The molecule has 0 spiro atoms. The van der Waals surface area contributed by atoms with Gasteiger partial charge in [0, 0.05) is 28.6 Å². The Morgan fingerprint density at radius 2 is 1.81 bits per heavy atom. The fourth-order valence-electron chi connectivity index (χ4n) is 2.17. The Morgan fingerprint density at radius 3 is 2.48 bits per heavy atom. The smallest absolute Gasteiger partial charge is 0.0597 e. The quantitative estimate of drug-likeness (QED) is 0.692. The molecule has 2 aromatic carbocycles. The number of hydrogen-bond donors (Lipinski definition) is 1. The van der Waals surface area contributed by atoms with E-state index in [1.807, 2.05) is 32.3 Å². The lowest BCUT2D eigenvalue weighted by molar-refractivity contribution is 0.883. The van der Waals surface area contributed by atoms with Crippen molar-refractivity contribution >= 4 is 50.5 Å². The Labute approximate surface area is 144 Å². The first kappa shape index (κ1) is 16.5. The van der Waals surface area contributed by atoms with Crippen molar-refractivity contribution in [2.45, 2.75) is 13.0 Å². The van der Waals surface area contributed by atoms with E-state index in [2.05, 4.69) is 45.2 Å². The van der Waals surface area contributed by atoms with Crippen LogP contribution in [0.3, 0.4) is 0 Å². The number of hydrogen-bond acceptors (Lipinski definition) is 2. The third-order valence-corrected chi connectivity index (χ3v) is 4.31. The molecule has 5 heteroatoms. The first-order valence-electron chi connectivity index (χ1n) is 6.57. The monoisotopic (exact) mass is 386 g/mol. The van der Waals surface area contributed by atoms with Gasteiger partial charge in [-0.25, -0.2) is 0 Å². The molecule has 112 valence electrons. The van der Waals surface area contributed by atoms with Crippen molar-refractivity contribution in [3.8, 4) is 0 Å². The summed E-state index contributed by atoms with van der Waals surface area (Å²) in [6, 6.07) is 11.7. The standard InChI is InChI=1S/C16H17BrCl2N2/c1-10(13-9-12(18)5-6-14(13)19)20-15-8-11(17)4-7-16(15)21(2)3/h4-10,20H,1-3H3. The minimum absolute atomic E-state index is 0.0456. The lowest BCUT2D eigenvalue weighted by Crippen LogP contribution is -2.14. The molecule has 0 fully saturated rings. The Morgan fingerprint density at radius 1 is 1.10 bits per heavy atom. The van der Waals surface area contributed by atoms with Gasteiger partial charge in [-0.3, -0.25) is 0 Å². The summed E-state index contributed by atoms with van der Waals surface area (Å²) in [5.74, 6) is 0. The maximum absolute atomic E-state index is 6.27. The molecule has 21 heavy (non-hydrogen) atoms. The third kappa shape index (κ3) is 4.06. The van der Waals surface area contributed by atoms with Crippen LogP contribution in [0.2, 0.25) is 10.0 Å². The summed E-state index contributed by atoms with van der Waals surface area (Å²) in [5.41, 5.74) is 3.13. The number of nitrogens with one attached hydrogen (secondary N) is 1. The highest BCUT2D eigenvalue weighted by atomic mass is 79.9. The van der Waals surface area contributed by atoms with E-state index in [-0.39, 0.29) is 6.04 Å². The number of anilines is 2. The van der Waals surface area contributed by atoms with Crippen LogP contribution in [0.15, 0.2) is 40.9 Å². The number of benzene rings is 2. The maximum Gasteiger partial charge on any atom is 0.0597 e. The summed E-state index contributed by atoms with van der Waals surface area (Å²) in [6.45, 7) is 2.07. The fraction of sp³-hybridized carbons (Fsp3) is 0.250. The van der Waals surface area contributed by atoms with Crippen LogP contribution in [-0.4, -0.2) is 14.1 Å². The number of nitrogens with zero attached hydrogens (tertiary/aromatic N) is 1. The van der Waals surface area contributed by atoms with Crippen LogP contribution in [0.5, 0.6) is 0 Å². The van der Waals surface area contributed by atoms with E-state index in [1.54, 1.807) is 6.07 Å². The predicted octanol–water partition coefficient (Wildman–Crippen LogP) is 6.00.